The summed E-state index contributed by atoms with van der Waals surface area (Å²) in [4.78, 5) is 22.5. The number of imide groups is 1. The topological polar surface area (TPSA) is 72.2 Å². The number of nitrogens with two attached hydrogens (primary N) is 1. The van der Waals surface area contributed by atoms with Gasteiger partial charge in [0.1, 0.15) is 0 Å². The van der Waals surface area contributed by atoms with E-state index in [2.05, 4.69) is 21.2 Å². The molecule has 2 rings (SSSR count). The van der Waals surface area contributed by atoms with Crippen molar-refractivity contribution in [2.24, 2.45) is 0 Å². The highest BCUT2D eigenvalue weighted by molar-refractivity contribution is 9.10. The van der Waals surface area contributed by atoms with Gasteiger partial charge < -0.3 is 5.73 Å². The van der Waals surface area contributed by atoms with Crippen LogP contribution in [0.3, 0.4) is 0 Å². The van der Waals surface area contributed by atoms with E-state index in [-0.39, 0.29) is 21.8 Å². The minimum absolute atomic E-state index is 0.247. The number of rotatable bonds is 0. The highest BCUT2D eigenvalue weighted by Gasteiger charge is 2.31. The lowest BCUT2D eigenvalue weighted by Crippen LogP contribution is -2.20. The first kappa shape index (κ1) is 9.48. The molecule has 0 bridgehead atoms. The first-order valence-electron chi connectivity index (χ1n) is 3.65. The fourth-order valence-electron chi connectivity index (χ4n) is 1.27. The van der Waals surface area contributed by atoms with Gasteiger partial charge in [-0.1, -0.05) is 11.6 Å². The maximum Gasteiger partial charge on any atom is 0.260 e. The molecular formula is C8H4BrClN2O2. The maximum absolute atomic E-state index is 11.3. The van der Waals surface area contributed by atoms with Crippen molar-refractivity contribution in [3.8, 4) is 0 Å². The molecule has 14 heavy (non-hydrogen) atoms. The number of anilines is 1. The summed E-state index contributed by atoms with van der Waals surface area (Å²) in [5.74, 6) is -0.909. The van der Waals surface area contributed by atoms with E-state index in [0.717, 1.165) is 0 Å². The van der Waals surface area contributed by atoms with Gasteiger partial charge in [0.2, 0.25) is 0 Å². The Kier molecular flexibility index (Phi) is 2.01. The number of fused-ring (bicyclic) bond motifs is 1. The van der Waals surface area contributed by atoms with Crippen LogP contribution in [0.1, 0.15) is 20.7 Å². The zero-order valence-electron chi connectivity index (χ0n) is 6.73. The third-order valence-electron chi connectivity index (χ3n) is 1.95. The third kappa shape index (κ3) is 1.13. The van der Waals surface area contributed by atoms with Crippen molar-refractivity contribution in [1.29, 1.82) is 0 Å². The second-order valence-corrected chi connectivity index (χ2v) is 3.99. The van der Waals surface area contributed by atoms with Crippen molar-refractivity contribution >= 4 is 45.0 Å². The maximum atomic E-state index is 11.3. The average Bonchev–Trinajstić information content (AvgIpc) is 2.38. The number of nitrogen functional groups attached to an aromatic ring is 1. The van der Waals surface area contributed by atoms with Crippen LogP contribution in [0.25, 0.3) is 0 Å². The Balaban J connectivity index is 2.82. The van der Waals surface area contributed by atoms with E-state index in [9.17, 15) is 9.59 Å². The van der Waals surface area contributed by atoms with Crippen molar-refractivity contribution in [2.45, 2.75) is 0 Å². The normalized spacial score (nSPS) is 14.1. The van der Waals surface area contributed by atoms with Gasteiger partial charge in [-0.05, 0) is 22.0 Å². The van der Waals surface area contributed by atoms with Crippen molar-refractivity contribution in [3.05, 3.63) is 26.7 Å². The van der Waals surface area contributed by atoms with Gasteiger partial charge in [0.15, 0.2) is 0 Å². The molecule has 0 saturated carbocycles. The van der Waals surface area contributed by atoms with Crippen LogP contribution in [0.15, 0.2) is 10.5 Å². The lowest BCUT2D eigenvalue weighted by molar-refractivity contribution is 0.0879. The lowest BCUT2D eigenvalue weighted by Gasteiger charge is -2.04. The van der Waals surface area contributed by atoms with E-state index in [4.69, 9.17) is 17.3 Å². The Hall–Kier alpha value is -1.07. The SMILES string of the molecule is Nc1c(Cl)cc2c(c1Br)C(=O)NC2=O. The molecule has 1 heterocycles. The Morgan fingerprint density at radius 2 is 2.00 bits per heavy atom. The first-order chi connectivity index (χ1) is 6.52. The molecule has 0 fully saturated rings. The molecule has 1 aromatic carbocycles. The molecule has 4 nitrogen and oxygen atoms in total. The molecule has 0 radical (unpaired) electrons. The summed E-state index contributed by atoms with van der Waals surface area (Å²) in [5, 5.41) is 2.41. The fraction of sp³-hybridized carbons (Fsp3) is 0. The van der Waals surface area contributed by atoms with Gasteiger partial charge in [0.25, 0.3) is 11.8 Å². The number of nitrogens with one attached hydrogen (secondary N) is 1. The molecule has 3 N–H and O–H groups in total. The summed E-state index contributed by atoms with van der Waals surface area (Å²) in [5.41, 5.74) is 6.35. The van der Waals surface area contributed by atoms with Crippen LogP contribution in [0.5, 0.6) is 0 Å². The molecule has 0 unspecified atom stereocenters. The van der Waals surface area contributed by atoms with Crippen LogP contribution in [0.4, 0.5) is 5.69 Å². The number of hydrogen-bond donors (Lipinski definition) is 2. The van der Waals surface area contributed by atoms with E-state index in [0.29, 0.717) is 4.47 Å². The van der Waals surface area contributed by atoms with Gasteiger partial charge >= 0.3 is 0 Å². The quantitative estimate of drug-likeness (QED) is 0.557. The molecule has 1 aromatic rings. The molecule has 0 atom stereocenters. The Morgan fingerprint density at radius 3 is 2.64 bits per heavy atom. The summed E-state index contributed by atoms with van der Waals surface area (Å²) in [6.07, 6.45) is 0. The van der Waals surface area contributed by atoms with Gasteiger partial charge in [-0.15, -0.1) is 0 Å². The summed E-state index contributed by atoms with van der Waals surface area (Å²) >= 11 is 8.89. The summed E-state index contributed by atoms with van der Waals surface area (Å²) in [6, 6.07) is 1.39. The minimum Gasteiger partial charge on any atom is -0.397 e. The van der Waals surface area contributed by atoms with E-state index < -0.39 is 11.8 Å². The van der Waals surface area contributed by atoms with E-state index >= 15 is 0 Å². The second-order valence-electron chi connectivity index (χ2n) is 2.79. The van der Waals surface area contributed by atoms with Crippen LogP contribution in [-0.4, -0.2) is 11.8 Å². The Bertz CT molecular complexity index is 473. The number of halogens is 2. The van der Waals surface area contributed by atoms with Crippen molar-refractivity contribution in [3.63, 3.8) is 0 Å². The van der Waals surface area contributed by atoms with Crippen LogP contribution >= 0.6 is 27.5 Å². The fourth-order valence-corrected chi connectivity index (χ4v) is 2.19. The van der Waals surface area contributed by atoms with Crippen molar-refractivity contribution in [2.75, 3.05) is 5.73 Å². The molecule has 6 heteroatoms. The zero-order chi connectivity index (χ0) is 10.5. The number of hydrogen-bond acceptors (Lipinski definition) is 3. The molecule has 0 saturated heterocycles. The van der Waals surface area contributed by atoms with Crippen LogP contribution in [0.2, 0.25) is 5.02 Å². The van der Waals surface area contributed by atoms with Gasteiger partial charge in [-0.25, -0.2) is 0 Å². The lowest BCUT2D eigenvalue weighted by atomic mass is 10.1. The predicted molar refractivity (Wildman–Crippen MR) is 55.4 cm³/mol. The Morgan fingerprint density at radius 1 is 1.36 bits per heavy atom. The van der Waals surface area contributed by atoms with Crippen LogP contribution in [-0.2, 0) is 0 Å². The smallest absolute Gasteiger partial charge is 0.260 e. The monoisotopic (exact) mass is 274 g/mol. The standard InChI is InChI=1S/C8H4BrClN2O2/c9-5-4-2(1-3(10)6(5)11)7(13)12-8(4)14/h1H,11H2,(H,12,13,14). The van der Waals surface area contributed by atoms with Gasteiger partial charge in [-0.2, -0.15) is 0 Å². The molecule has 0 aliphatic carbocycles. The van der Waals surface area contributed by atoms with Gasteiger partial charge in [-0.3, -0.25) is 14.9 Å². The molecule has 72 valence electrons. The zero-order valence-corrected chi connectivity index (χ0v) is 9.07. The molecular weight excluding hydrogens is 271 g/mol. The van der Waals surface area contributed by atoms with Crippen molar-refractivity contribution in [1.82, 2.24) is 5.32 Å². The van der Waals surface area contributed by atoms with Gasteiger partial charge in [0, 0.05) is 0 Å². The summed E-state index contributed by atoms with van der Waals surface area (Å²) < 4.78 is 0.364. The second kappa shape index (κ2) is 2.96. The number of carbonyl (C=O) groups excluding carboxylic acids is 2. The molecule has 0 spiro atoms. The van der Waals surface area contributed by atoms with E-state index in [1.165, 1.54) is 6.07 Å². The number of amides is 2. The Labute approximate surface area is 92.5 Å². The van der Waals surface area contributed by atoms with Crippen LogP contribution in [0, 0.1) is 0 Å². The first-order valence-corrected chi connectivity index (χ1v) is 4.82. The molecule has 2 amide bonds. The molecule has 1 aliphatic rings. The summed E-state index contributed by atoms with van der Waals surface area (Å²) in [7, 11) is 0. The molecule has 1 aliphatic heterocycles. The minimum atomic E-state index is -0.458. The highest BCUT2D eigenvalue weighted by atomic mass is 79.9. The molecule has 0 aromatic heterocycles. The van der Waals surface area contributed by atoms with Crippen LogP contribution < -0.4 is 11.1 Å². The predicted octanol–water partition coefficient (Wildman–Crippen LogP) is 1.57. The van der Waals surface area contributed by atoms with E-state index in [1.54, 1.807) is 0 Å². The largest absolute Gasteiger partial charge is 0.397 e. The third-order valence-corrected chi connectivity index (χ3v) is 3.09. The van der Waals surface area contributed by atoms with Gasteiger partial charge in [0.05, 0.1) is 26.3 Å². The summed E-state index contributed by atoms with van der Waals surface area (Å²) in [6.45, 7) is 0. The van der Waals surface area contributed by atoms with Crippen molar-refractivity contribution < 1.29 is 9.59 Å². The highest BCUT2D eigenvalue weighted by Crippen LogP contribution is 2.35. The number of carbonyl (C=O) groups is 2. The van der Waals surface area contributed by atoms with E-state index in [1.807, 2.05) is 0 Å². The number of benzene rings is 1. The average molecular weight is 275 g/mol.